The van der Waals surface area contributed by atoms with Crippen LogP contribution in [0.3, 0.4) is 0 Å². The smallest absolute Gasteiger partial charge is 0.251 e. The SMILES string of the molecule is CCn1cc(CNC(=O)c2ccc(OC(C)C)cc2)cn1. The van der Waals surface area contributed by atoms with Crippen molar-refractivity contribution in [2.24, 2.45) is 0 Å². The molecule has 0 radical (unpaired) electrons. The van der Waals surface area contributed by atoms with Gasteiger partial charge in [-0.1, -0.05) is 0 Å². The maximum atomic E-state index is 12.0. The average molecular weight is 287 g/mol. The fourth-order valence-electron chi connectivity index (χ4n) is 1.91. The Balaban J connectivity index is 1.90. The minimum absolute atomic E-state index is 0.102. The maximum absolute atomic E-state index is 12.0. The zero-order valence-electron chi connectivity index (χ0n) is 12.7. The lowest BCUT2D eigenvalue weighted by Crippen LogP contribution is -2.22. The van der Waals surface area contributed by atoms with E-state index < -0.39 is 0 Å². The monoisotopic (exact) mass is 287 g/mol. The molecule has 2 aromatic rings. The van der Waals surface area contributed by atoms with Crippen molar-refractivity contribution in [2.75, 3.05) is 0 Å². The molecule has 5 heteroatoms. The summed E-state index contributed by atoms with van der Waals surface area (Å²) < 4.78 is 7.38. The highest BCUT2D eigenvalue weighted by molar-refractivity contribution is 5.94. The summed E-state index contributed by atoms with van der Waals surface area (Å²) in [5.74, 6) is 0.668. The number of aryl methyl sites for hydroxylation is 1. The first-order valence-electron chi connectivity index (χ1n) is 7.14. The number of aromatic nitrogens is 2. The Bertz CT molecular complexity index is 588. The van der Waals surface area contributed by atoms with Crippen LogP contribution in [0.25, 0.3) is 0 Å². The lowest BCUT2D eigenvalue weighted by molar-refractivity contribution is 0.0951. The first-order chi connectivity index (χ1) is 10.1. The second kappa shape index (κ2) is 6.92. The third-order valence-electron chi connectivity index (χ3n) is 2.95. The van der Waals surface area contributed by atoms with E-state index in [2.05, 4.69) is 10.4 Å². The Hall–Kier alpha value is -2.30. The molecular formula is C16H21N3O2. The molecule has 112 valence electrons. The summed E-state index contributed by atoms with van der Waals surface area (Å²) in [5, 5.41) is 7.05. The molecule has 1 heterocycles. The van der Waals surface area contributed by atoms with Gasteiger partial charge in [0.05, 0.1) is 12.3 Å². The number of rotatable bonds is 6. The molecule has 2 rings (SSSR count). The summed E-state index contributed by atoms with van der Waals surface area (Å²) in [6.45, 7) is 7.26. The number of benzene rings is 1. The van der Waals surface area contributed by atoms with Crippen LogP contribution in [0.2, 0.25) is 0 Å². The van der Waals surface area contributed by atoms with Crippen molar-refractivity contribution in [1.29, 1.82) is 0 Å². The normalized spacial score (nSPS) is 10.7. The summed E-state index contributed by atoms with van der Waals surface area (Å²) in [6, 6.07) is 7.15. The average Bonchev–Trinajstić information content (AvgIpc) is 2.93. The Morgan fingerprint density at radius 2 is 2.05 bits per heavy atom. The Morgan fingerprint density at radius 1 is 1.33 bits per heavy atom. The fraction of sp³-hybridized carbons (Fsp3) is 0.375. The van der Waals surface area contributed by atoms with E-state index >= 15 is 0 Å². The Kier molecular flexibility index (Phi) is 4.98. The topological polar surface area (TPSA) is 56.2 Å². The molecule has 0 atom stereocenters. The van der Waals surface area contributed by atoms with Crippen molar-refractivity contribution in [3.63, 3.8) is 0 Å². The zero-order chi connectivity index (χ0) is 15.2. The zero-order valence-corrected chi connectivity index (χ0v) is 12.7. The molecule has 0 unspecified atom stereocenters. The van der Waals surface area contributed by atoms with Gasteiger partial charge in [-0.2, -0.15) is 5.10 Å². The van der Waals surface area contributed by atoms with Crippen LogP contribution in [-0.2, 0) is 13.1 Å². The van der Waals surface area contributed by atoms with Crippen LogP contribution in [0.4, 0.5) is 0 Å². The van der Waals surface area contributed by atoms with Gasteiger partial charge in [-0.3, -0.25) is 9.48 Å². The first kappa shape index (κ1) is 15.1. The standard InChI is InChI=1S/C16H21N3O2/c1-4-19-11-13(10-18-19)9-17-16(20)14-5-7-15(8-6-14)21-12(2)3/h5-8,10-12H,4,9H2,1-3H3,(H,17,20). The van der Waals surface area contributed by atoms with E-state index in [1.54, 1.807) is 18.3 Å². The van der Waals surface area contributed by atoms with Gasteiger partial charge in [-0.25, -0.2) is 0 Å². The molecular weight excluding hydrogens is 266 g/mol. The second-order valence-electron chi connectivity index (χ2n) is 5.08. The molecule has 1 amide bonds. The van der Waals surface area contributed by atoms with E-state index in [4.69, 9.17) is 4.74 Å². The molecule has 5 nitrogen and oxygen atoms in total. The van der Waals surface area contributed by atoms with Crippen molar-refractivity contribution >= 4 is 5.91 Å². The molecule has 0 aliphatic rings. The number of carbonyl (C=O) groups excluding carboxylic acids is 1. The van der Waals surface area contributed by atoms with Crippen molar-refractivity contribution in [3.05, 3.63) is 47.8 Å². The third kappa shape index (κ3) is 4.34. The van der Waals surface area contributed by atoms with Crippen LogP contribution in [0, 0.1) is 0 Å². The highest BCUT2D eigenvalue weighted by atomic mass is 16.5. The number of nitrogens with zero attached hydrogens (tertiary/aromatic N) is 2. The number of ether oxygens (including phenoxy) is 1. The maximum Gasteiger partial charge on any atom is 0.251 e. The summed E-state index contributed by atoms with van der Waals surface area (Å²) in [5.41, 5.74) is 1.61. The predicted molar refractivity (Wildman–Crippen MR) is 81.3 cm³/mol. The van der Waals surface area contributed by atoms with E-state index in [9.17, 15) is 4.79 Å². The fourth-order valence-corrected chi connectivity index (χ4v) is 1.91. The predicted octanol–water partition coefficient (Wildman–Crippen LogP) is 2.62. The van der Waals surface area contributed by atoms with E-state index in [0.29, 0.717) is 12.1 Å². The van der Waals surface area contributed by atoms with Gasteiger partial charge in [0.25, 0.3) is 5.91 Å². The Morgan fingerprint density at radius 3 is 2.62 bits per heavy atom. The van der Waals surface area contributed by atoms with E-state index in [1.807, 2.05) is 43.8 Å². The molecule has 0 saturated carbocycles. The molecule has 1 aromatic carbocycles. The van der Waals surface area contributed by atoms with Crippen LogP contribution < -0.4 is 10.1 Å². The van der Waals surface area contributed by atoms with Gasteiger partial charge in [0.2, 0.25) is 0 Å². The molecule has 1 N–H and O–H groups in total. The van der Waals surface area contributed by atoms with Crippen molar-refractivity contribution in [1.82, 2.24) is 15.1 Å². The number of amides is 1. The largest absolute Gasteiger partial charge is 0.491 e. The lowest BCUT2D eigenvalue weighted by Gasteiger charge is -2.10. The van der Waals surface area contributed by atoms with Gasteiger partial charge in [-0.15, -0.1) is 0 Å². The number of nitrogens with one attached hydrogen (secondary N) is 1. The minimum atomic E-state index is -0.102. The lowest BCUT2D eigenvalue weighted by atomic mass is 10.2. The van der Waals surface area contributed by atoms with E-state index in [0.717, 1.165) is 17.9 Å². The molecule has 0 spiro atoms. The Labute approximate surface area is 124 Å². The van der Waals surface area contributed by atoms with Gasteiger partial charge >= 0.3 is 0 Å². The number of hydrogen-bond acceptors (Lipinski definition) is 3. The number of carbonyl (C=O) groups is 1. The quantitative estimate of drug-likeness (QED) is 0.888. The molecule has 1 aromatic heterocycles. The highest BCUT2D eigenvalue weighted by Gasteiger charge is 2.07. The van der Waals surface area contributed by atoms with Crippen molar-refractivity contribution < 1.29 is 9.53 Å². The van der Waals surface area contributed by atoms with Crippen LogP contribution in [0.5, 0.6) is 5.75 Å². The van der Waals surface area contributed by atoms with Crippen molar-refractivity contribution in [3.8, 4) is 5.75 Å². The summed E-state index contributed by atoms with van der Waals surface area (Å²) in [4.78, 5) is 12.0. The highest BCUT2D eigenvalue weighted by Crippen LogP contribution is 2.13. The summed E-state index contributed by atoms with van der Waals surface area (Å²) in [7, 11) is 0. The first-order valence-corrected chi connectivity index (χ1v) is 7.14. The number of hydrogen-bond donors (Lipinski definition) is 1. The molecule has 0 bridgehead atoms. The molecule has 0 aliphatic heterocycles. The van der Waals surface area contributed by atoms with Crippen LogP contribution >= 0.6 is 0 Å². The van der Waals surface area contributed by atoms with Crippen LogP contribution in [0.15, 0.2) is 36.7 Å². The van der Waals surface area contributed by atoms with E-state index in [-0.39, 0.29) is 12.0 Å². The molecule has 0 fully saturated rings. The van der Waals surface area contributed by atoms with E-state index in [1.165, 1.54) is 0 Å². The van der Waals surface area contributed by atoms with Crippen LogP contribution in [0.1, 0.15) is 36.7 Å². The van der Waals surface area contributed by atoms with Crippen molar-refractivity contribution in [2.45, 2.75) is 40.0 Å². The van der Waals surface area contributed by atoms with Gasteiger partial charge in [0.15, 0.2) is 0 Å². The van der Waals surface area contributed by atoms with Crippen LogP contribution in [-0.4, -0.2) is 21.8 Å². The minimum Gasteiger partial charge on any atom is -0.491 e. The summed E-state index contributed by atoms with van der Waals surface area (Å²) >= 11 is 0. The second-order valence-corrected chi connectivity index (χ2v) is 5.08. The molecule has 0 saturated heterocycles. The summed E-state index contributed by atoms with van der Waals surface area (Å²) in [6.07, 6.45) is 3.82. The third-order valence-corrected chi connectivity index (χ3v) is 2.95. The molecule has 0 aliphatic carbocycles. The van der Waals surface area contributed by atoms with Gasteiger partial charge < -0.3 is 10.1 Å². The van der Waals surface area contributed by atoms with Gasteiger partial charge in [-0.05, 0) is 45.0 Å². The molecule has 21 heavy (non-hydrogen) atoms. The van der Waals surface area contributed by atoms with Gasteiger partial charge in [0.1, 0.15) is 5.75 Å². The van der Waals surface area contributed by atoms with Gasteiger partial charge in [0, 0.05) is 30.4 Å².